The van der Waals surface area contributed by atoms with Crippen LogP contribution in [0.25, 0.3) is 0 Å². The fourth-order valence-corrected chi connectivity index (χ4v) is 4.13. The molecule has 0 bridgehead atoms. The average molecular weight is 525 g/mol. The van der Waals surface area contributed by atoms with E-state index in [1.54, 1.807) is 18.2 Å². The van der Waals surface area contributed by atoms with Gasteiger partial charge in [0.1, 0.15) is 5.75 Å². The minimum Gasteiger partial charge on any atom is -0.493 e. The van der Waals surface area contributed by atoms with E-state index in [0.717, 1.165) is 17.7 Å². The number of anilines is 1. The lowest BCUT2D eigenvalue weighted by Gasteiger charge is -2.12. The van der Waals surface area contributed by atoms with Gasteiger partial charge in [0.05, 0.1) is 24.7 Å². The molecular formula is C24H23F3N2O6S. The zero-order valence-corrected chi connectivity index (χ0v) is 20.1. The number of rotatable bonds is 10. The molecule has 0 aromatic heterocycles. The van der Waals surface area contributed by atoms with Crippen LogP contribution in [-0.2, 0) is 27.5 Å². The highest BCUT2D eigenvalue weighted by Gasteiger charge is 2.30. The minimum absolute atomic E-state index is 0.190. The molecule has 0 fully saturated rings. The SMILES string of the molecule is COc1ccc(CNC(=O)COc2ccc(S(=O)(=O)Nc3cccc(C(F)(F)F)c3)cc2)cc1OC. The first-order valence-electron chi connectivity index (χ1n) is 10.4. The van der Waals surface area contributed by atoms with Crippen molar-refractivity contribution in [3.05, 3.63) is 77.9 Å². The fraction of sp³-hybridized carbons (Fsp3) is 0.208. The summed E-state index contributed by atoms with van der Waals surface area (Å²) in [5.41, 5.74) is -0.420. The largest absolute Gasteiger partial charge is 0.493 e. The monoisotopic (exact) mass is 524 g/mol. The van der Waals surface area contributed by atoms with Gasteiger partial charge in [0.15, 0.2) is 18.1 Å². The molecule has 36 heavy (non-hydrogen) atoms. The van der Waals surface area contributed by atoms with Crippen molar-refractivity contribution in [3.63, 3.8) is 0 Å². The minimum atomic E-state index is -4.60. The molecule has 1 amide bonds. The number of methoxy groups -OCH3 is 2. The van der Waals surface area contributed by atoms with Gasteiger partial charge in [-0.15, -0.1) is 0 Å². The van der Waals surface area contributed by atoms with Crippen molar-refractivity contribution < 1.29 is 40.6 Å². The van der Waals surface area contributed by atoms with Gasteiger partial charge >= 0.3 is 6.18 Å². The number of benzene rings is 3. The molecule has 0 saturated heterocycles. The van der Waals surface area contributed by atoms with Gasteiger partial charge in [-0.1, -0.05) is 12.1 Å². The summed E-state index contributed by atoms with van der Waals surface area (Å²) in [4.78, 5) is 11.9. The number of hydrogen-bond acceptors (Lipinski definition) is 6. The normalized spacial score (nSPS) is 11.5. The summed E-state index contributed by atoms with van der Waals surface area (Å²) in [6, 6.07) is 14.2. The summed E-state index contributed by atoms with van der Waals surface area (Å²) in [7, 11) is -1.12. The smallest absolute Gasteiger partial charge is 0.416 e. The Labute approximate surface area is 206 Å². The predicted octanol–water partition coefficient (Wildman–Crippen LogP) is 4.22. The second kappa shape index (κ2) is 11.2. The van der Waals surface area contributed by atoms with Gasteiger partial charge in [-0.3, -0.25) is 9.52 Å². The number of carbonyl (C=O) groups excluding carboxylic acids is 1. The van der Waals surface area contributed by atoms with Crippen LogP contribution in [0.2, 0.25) is 0 Å². The topological polar surface area (TPSA) is 103 Å². The molecule has 0 saturated carbocycles. The van der Waals surface area contributed by atoms with E-state index >= 15 is 0 Å². The van der Waals surface area contributed by atoms with Crippen LogP contribution in [0.15, 0.2) is 71.6 Å². The number of alkyl halides is 3. The van der Waals surface area contributed by atoms with E-state index in [2.05, 4.69) is 10.0 Å². The Kier molecular flexibility index (Phi) is 8.30. The lowest BCUT2D eigenvalue weighted by molar-refractivity contribution is -0.137. The van der Waals surface area contributed by atoms with E-state index in [4.69, 9.17) is 14.2 Å². The number of ether oxygens (including phenoxy) is 3. The van der Waals surface area contributed by atoms with Crippen molar-refractivity contribution in [2.45, 2.75) is 17.6 Å². The van der Waals surface area contributed by atoms with Crippen molar-refractivity contribution in [1.82, 2.24) is 5.32 Å². The third-order valence-corrected chi connectivity index (χ3v) is 6.28. The molecule has 2 N–H and O–H groups in total. The Bertz CT molecular complexity index is 1310. The highest BCUT2D eigenvalue weighted by Crippen LogP contribution is 2.31. The number of hydrogen-bond donors (Lipinski definition) is 2. The van der Waals surface area contributed by atoms with Gasteiger partial charge < -0.3 is 19.5 Å². The fourth-order valence-electron chi connectivity index (χ4n) is 3.08. The number of sulfonamides is 1. The highest BCUT2D eigenvalue weighted by molar-refractivity contribution is 7.92. The van der Waals surface area contributed by atoms with Crippen LogP contribution in [0.1, 0.15) is 11.1 Å². The summed E-state index contributed by atoms with van der Waals surface area (Å²) in [5, 5.41) is 2.69. The first-order valence-corrected chi connectivity index (χ1v) is 11.9. The van der Waals surface area contributed by atoms with Crippen LogP contribution in [0.3, 0.4) is 0 Å². The number of amides is 1. The molecule has 0 unspecified atom stereocenters. The van der Waals surface area contributed by atoms with Crippen molar-refractivity contribution in [1.29, 1.82) is 0 Å². The lowest BCUT2D eigenvalue weighted by Crippen LogP contribution is -2.28. The molecule has 0 aliphatic heterocycles. The van der Waals surface area contributed by atoms with Gasteiger partial charge in [0, 0.05) is 12.2 Å². The van der Waals surface area contributed by atoms with Gasteiger partial charge in [-0.2, -0.15) is 13.2 Å². The first-order chi connectivity index (χ1) is 17.0. The average Bonchev–Trinajstić information content (AvgIpc) is 2.85. The molecule has 3 aromatic carbocycles. The van der Waals surface area contributed by atoms with Gasteiger partial charge in [0.25, 0.3) is 15.9 Å². The van der Waals surface area contributed by atoms with E-state index in [1.807, 2.05) is 0 Å². The summed E-state index contributed by atoms with van der Waals surface area (Å²) in [6.45, 7) is -0.0944. The van der Waals surface area contributed by atoms with Crippen molar-refractivity contribution in [2.75, 3.05) is 25.5 Å². The zero-order chi connectivity index (χ0) is 26.3. The molecule has 3 aromatic rings. The first kappa shape index (κ1) is 26.7. The second-order valence-electron chi connectivity index (χ2n) is 7.41. The maximum absolute atomic E-state index is 12.9. The number of carbonyl (C=O) groups is 1. The molecule has 0 heterocycles. The molecule has 0 radical (unpaired) electrons. The van der Waals surface area contributed by atoms with E-state index < -0.39 is 27.7 Å². The maximum Gasteiger partial charge on any atom is 0.416 e. The quantitative estimate of drug-likeness (QED) is 0.412. The Balaban J connectivity index is 1.55. The molecule has 12 heteroatoms. The van der Waals surface area contributed by atoms with E-state index in [-0.39, 0.29) is 29.5 Å². The van der Waals surface area contributed by atoms with E-state index in [0.29, 0.717) is 17.6 Å². The van der Waals surface area contributed by atoms with Crippen LogP contribution < -0.4 is 24.2 Å². The summed E-state index contributed by atoms with van der Waals surface area (Å²) < 4.78 is 81.5. The van der Waals surface area contributed by atoms with Crippen LogP contribution in [0.4, 0.5) is 18.9 Å². The molecule has 0 aliphatic rings. The van der Waals surface area contributed by atoms with Crippen LogP contribution in [-0.4, -0.2) is 35.2 Å². The molecule has 0 atom stereocenters. The van der Waals surface area contributed by atoms with Gasteiger partial charge in [-0.05, 0) is 60.2 Å². The Hall–Kier alpha value is -3.93. The van der Waals surface area contributed by atoms with Gasteiger partial charge in [0.2, 0.25) is 0 Å². The molecule has 192 valence electrons. The zero-order valence-electron chi connectivity index (χ0n) is 19.3. The van der Waals surface area contributed by atoms with Gasteiger partial charge in [-0.25, -0.2) is 8.42 Å². The molecular weight excluding hydrogens is 501 g/mol. The van der Waals surface area contributed by atoms with E-state index in [9.17, 15) is 26.4 Å². The third kappa shape index (κ3) is 7.04. The Morgan fingerprint density at radius 1 is 0.917 bits per heavy atom. The van der Waals surface area contributed by atoms with E-state index in [1.165, 1.54) is 44.6 Å². The Morgan fingerprint density at radius 2 is 1.61 bits per heavy atom. The summed E-state index contributed by atoms with van der Waals surface area (Å²) in [5.74, 6) is 0.909. The molecule has 0 spiro atoms. The van der Waals surface area contributed by atoms with Crippen LogP contribution >= 0.6 is 0 Å². The molecule has 3 rings (SSSR count). The van der Waals surface area contributed by atoms with Crippen LogP contribution in [0.5, 0.6) is 17.2 Å². The number of nitrogens with one attached hydrogen (secondary N) is 2. The van der Waals surface area contributed by atoms with Crippen molar-refractivity contribution >= 4 is 21.6 Å². The Morgan fingerprint density at radius 3 is 2.25 bits per heavy atom. The standard InChI is InChI=1S/C24H23F3N2O6S/c1-33-21-11-6-16(12-22(21)34-2)14-28-23(30)15-35-19-7-9-20(10-8-19)36(31,32)29-18-5-3-4-17(13-18)24(25,26)27/h3-13,29H,14-15H2,1-2H3,(H,28,30). The second-order valence-corrected chi connectivity index (χ2v) is 9.09. The number of halogens is 3. The molecule has 0 aliphatic carbocycles. The van der Waals surface area contributed by atoms with Crippen LogP contribution in [0, 0.1) is 0 Å². The van der Waals surface area contributed by atoms with Crippen molar-refractivity contribution in [2.24, 2.45) is 0 Å². The van der Waals surface area contributed by atoms with Crippen molar-refractivity contribution in [3.8, 4) is 17.2 Å². The maximum atomic E-state index is 12.9. The third-order valence-electron chi connectivity index (χ3n) is 4.88. The summed E-state index contributed by atoms with van der Waals surface area (Å²) >= 11 is 0. The lowest BCUT2D eigenvalue weighted by atomic mass is 10.2. The molecule has 8 nitrogen and oxygen atoms in total. The highest BCUT2D eigenvalue weighted by atomic mass is 32.2. The predicted molar refractivity (Wildman–Crippen MR) is 126 cm³/mol. The summed E-state index contributed by atoms with van der Waals surface area (Å²) in [6.07, 6.45) is -4.60.